The maximum absolute atomic E-state index is 12.9. The van der Waals surface area contributed by atoms with Crippen molar-refractivity contribution in [2.75, 3.05) is 64.3 Å². The molecule has 1 N–H and O–H groups in total. The van der Waals surface area contributed by atoms with Crippen molar-refractivity contribution in [3.05, 3.63) is 16.8 Å². The number of fused-ring (bicyclic) bond motifs is 1. The highest BCUT2D eigenvalue weighted by Gasteiger charge is 2.23. The van der Waals surface area contributed by atoms with E-state index in [2.05, 4.69) is 50.9 Å². The summed E-state index contributed by atoms with van der Waals surface area (Å²) in [5.41, 5.74) is 0.996. The summed E-state index contributed by atoms with van der Waals surface area (Å²) < 4.78 is 0. The number of anilines is 1. The molecule has 1 fully saturated rings. The topological polar surface area (TPSA) is 64.6 Å². The smallest absolute Gasteiger partial charge is 0.261 e. The van der Waals surface area contributed by atoms with E-state index in [9.17, 15) is 4.79 Å². The maximum atomic E-state index is 12.9. The first-order chi connectivity index (χ1) is 14.0. The fourth-order valence-electron chi connectivity index (χ4n) is 3.90. The molecule has 2 aromatic heterocycles. The molecule has 0 aliphatic carbocycles. The van der Waals surface area contributed by atoms with Crippen molar-refractivity contribution in [2.45, 2.75) is 33.6 Å². The van der Waals surface area contributed by atoms with Crippen molar-refractivity contribution in [3.8, 4) is 0 Å². The van der Waals surface area contributed by atoms with Crippen LogP contribution in [0.3, 0.4) is 0 Å². The number of hydrogen-bond acceptors (Lipinski definition) is 7. The van der Waals surface area contributed by atoms with Crippen molar-refractivity contribution in [2.24, 2.45) is 0 Å². The minimum absolute atomic E-state index is 0.00257. The van der Waals surface area contributed by atoms with Crippen LogP contribution in [0, 0.1) is 6.92 Å². The summed E-state index contributed by atoms with van der Waals surface area (Å²) in [6, 6.07) is 0. The van der Waals surface area contributed by atoms with E-state index in [1.807, 2.05) is 6.92 Å². The molecule has 160 valence electrons. The molecule has 1 aliphatic heterocycles. The third kappa shape index (κ3) is 5.24. The molecule has 1 amide bonds. The van der Waals surface area contributed by atoms with Gasteiger partial charge in [0, 0.05) is 39.3 Å². The van der Waals surface area contributed by atoms with Crippen molar-refractivity contribution in [1.82, 2.24) is 25.1 Å². The summed E-state index contributed by atoms with van der Waals surface area (Å²) >= 11 is 1.48. The second kappa shape index (κ2) is 10.3. The molecule has 8 heteroatoms. The first kappa shape index (κ1) is 21.9. The Balaban J connectivity index is 1.72. The van der Waals surface area contributed by atoms with Gasteiger partial charge in [-0.05, 0) is 45.5 Å². The lowest BCUT2D eigenvalue weighted by Gasteiger charge is -2.33. The highest BCUT2D eigenvalue weighted by Crippen LogP contribution is 2.35. The predicted octanol–water partition coefficient (Wildman–Crippen LogP) is 2.60. The number of piperazine rings is 1. The van der Waals surface area contributed by atoms with Gasteiger partial charge in [-0.3, -0.25) is 4.79 Å². The third-order valence-electron chi connectivity index (χ3n) is 5.51. The second-order valence-corrected chi connectivity index (χ2v) is 8.82. The van der Waals surface area contributed by atoms with Gasteiger partial charge in [-0.2, -0.15) is 0 Å². The number of rotatable bonds is 9. The Morgan fingerprint density at radius 3 is 2.48 bits per heavy atom. The van der Waals surface area contributed by atoms with Crippen LogP contribution < -0.4 is 10.2 Å². The van der Waals surface area contributed by atoms with Gasteiger partial charge in [0.25, 0.3) is 5.91 Å². The zero-order valence-corrected chi connectivity index (χ0v) is 19.0. The van der Waals surface area contributed by atoms with Gasteiger partial charge < -0.3 is 20.0 Å². The Bertz CT molecular complexity index is 809. The molecular weight excluding hydrogens is 384 g/mol. The van der Waals surface area contributed by atoms with Crippen molar-refractivity contribution >= 4 is 33.3 Å². The van der Waals surface area contributed by atoms with Crippen LogP contribution in [0.25, 0.3) is 10.2 Å². The molecule has 0 spiro atoms. The van der Waals surface area contributed by atoms with Gasteiger partial charge in [-0.25, -0.2) is 9.97 Å². The lowest BCUT2D eigenvalue weighted by Crippen LogP contribution is -2.44. The van der Waals surface area contributed by atoms with Crippen LogP contribution in [0.2, 0.25) is 0 Å². The van der Waals surface area contributed by atoms with Crippen LogP contribution in [0.4, 0.5) is 5.82 Å². The largest absolute Gasteiger partial charge is 0.353 e. The lowest BCUT2D eigenvalue weighted by atomic mass is 10.1. The monoisotopic (exact) mass is 418 g/mol. The quantitative estimate of drug-likeness (QED) is 0.675. The van der Waals surface area contributed by atoms with Crippen molar-refractivity contribution < 1.29 is 4.79 Å². The molecule has 1 saturated heterocycles. The van der Waals surface area contributed by atoms with Crippen molar-refractivity contribution in [3.63, 3.8) is 0 Å². The zero-order chi connectivity index (χ0) is 20.8. The number of carbonyl (C=O) groups is 1. The molecule has 0 radical (unpaired) electrons. The van der Waals surface area contributed by atoms with Gasteiger partial charge in [0.2, 0.25) is 0 Å². The molecular formula is C21H34N6OS. The summed E-state index contributed by atoms with van der Waals surface area (Å²) in [4.78, 5) is 30.6. The number of nitrogens with one attached hydrogen (secondary N) is 1. The molecule has 29 heavy (non-hydrogen) atoms. The van der Waals surface area contributed by atoms with E-state index in [0.29, 0.717) is 6.54 Å². The van der Waals surface area contributed by atoms with Crippen LogP contribution in [-0.2, 0) is 0 Å². The predicted molar refractivity (Wildman–Crippen MR) is 121 cm³/mol. The van der Waals surface area contributed by atoms with Crippen LogP contribution in [0.5, 0.6) is 0 Å². The standard InChI is InChI=1S/C21H34N6OS/c1-5-8-26(9-6-2)10-7-22-20(28)18-16(3)17-19(23-15-24-21(17)29-18)27-13-11-25(4)12-14-27/h15H,5-14H2,1-4H3,(H,22,28). The van der Waals surface area contributed by atoms with Gasteiger partial charge in [0.15, 0.2) is 0 Å². The van der Waals surface area contributed by atoms with E-state index in [1.54, 1.807) is 6.33 Å². The van der Waals surface area contributed by atoms with Crippen molar-refractivity contribution in [1.29, 1.82) is 0 Å². The molecule has 0 bridgehead atoms. The minimum atomic E-state index is 0.00257. The van der Waals surface area contributed by atoms with E-state index in [1.165, 1.54) is 11.3 Å². The molecule has 0 unspecified atom stereocenters. The first-order valence-corrected chi connectivity index (χ1v) is 11.5. The third-order valence-corrected chi connectivity index (χ3v) is 6.71. The average Bonchev–Trinajstić information content (AvgIpc) is 3.06. The first-order valence-electron chi connectivity index (χ1n) is 10.7. The van der Waals surface area contributed by atoms with E-state index >= 15 is 0 Å². The minimum Gasteiger partial charge on any atom is -0.353 e. The summed E-state index contributed by atoms with van der Waals surface area (Å²) in [5, 5.41) is 4.15. The fourth-order valence-corrected chi connectivity index (χ4v) is 4.96. The number of thiophene rings is 1. The Hall–Kier alpha value is -1.77. The molecule has 1 aliphatic rings. The summed E-state index contributed by atoms with van der Waals surface area (Å²) in [5.74, 6) is 0.968. The number of nitrogens with zero attached hydrogens (tertiary/aromatic N) is 5. The Labute approximate surface area is 178 Å². The molecule has 3 heterocycles. The second-order valence-electron chi connectivity index (χ2n) is 7.82. The van der Waals surface area contributed by atoms with Gasteiger partial charge in [0.05, 0.1) is 10.3 Å². The van der Waals surface area contributed by atoms with E-state index in [4.69, 9.17) is 0 Å². The Morgan fingerprint density at radius 1 is 1.14 bits per heavy atom. The van der Waals surface area contributed by atoms with Gasteiger partial charge >= 0.3 is 0 Å². The molecule has 0 aromatic carbocycles. The Morgan fingerprint density at radius 2 is 1.83 bits per heavy atom. The number of aryl methyl sites for hydroxylation is 1. The SMILES string of the molecule is CCCN(CCC)CCNC(=O)c1sc2ncnc(N3CCN(C)CC3)c2c1C. The lowest BCUT2D eigenvalue weighted by molar-refractivity contribution is 0.0952. The molecule has 0 atom stereocenters. The number of aromatic nitrogens is 2. The van der Waals surface area contributed by atoms with E-state index < -0.39 is 0 Å². The molecule has 0 saturated carbocycles. The van der Waals surface area contributed by atoms with Crippen LogP contribution in [0.1, 0.15) is 41.9 Å². The van der Waals surface area contributed by atoms with E-state index in [0.717, 1.165) is 85.1 Å². The molecule has 7 nitrogen and oxygen atoms in total. The summed E-state index contributed by atoms with van der Waals surface area (Å²) in [6.45, 7) is 14.1. The van der Waals surface area contributed by atoms with E-state index in [-0.39, 0.29) is 5.91 Å². The average molecular weight is 419 g/mol. The Kier molecular flexibility index (Phi) is 7.80. The van der Waals surface area contributed by atoms with Crippen LogP contribution in [0.15, 0.2) is 6.33 Å². The highest BCUT2D eigenvalue weighted by atomic mass is 32.1. The van der Waals surface area contributed by atoms with Gasteiger partial charge in [-0.1, -0.05) is 13.8 Å². The fraction of sp³-hybridized carbons (Fsp3) is 0.667. The molecule has 3 rings (SSSR count). The number of amides is 1. The summed E-state index contributed by atoms with van der Waals surface area (Å²) in [7, 11) is 2.15. The van der Waals surface area contributed by atoms with Gasteiger partial charge in [0.1, 0.15) is 17.0 Å². The normalized spacial score (nSPS) is 15.4. The van der Waals surface area contributed by atoms with Crippen LogP contribution in [-0.4, -0.2) is 85.1 Å². The number of hydrogen-bond donors (Lipinski definition) is 1. The van der Waals surface area contributed by atoms with Crippen LogP contribution >= 0.6 is 11.3 Å². The highest BCUT2D eigenvalue weighted by molar-refractivity contribution is 7.20. The molecule has 2 aromatic rings. The number of carbonyl (C=O) groups excluding carboxylic acids is 1. The van der Waals surface area contributed by atoms with Gasteiger partial charge in [-0.15, -0.1) is 11.3 Å². The number of likely N-dealkylation sites (N-methyl/N-ethyl adjacent to an activating group) is 1. The maximum Gasteiger partial charge on any atom is 0.261 e. The zero-order valence-electron chi connectivity index (χ0n) is 18.2. The summed E-state index contributed by atoms with van der Waals surface area (Å²) in [6.07, 6.45) is 3.90.